The highest BCUT2D eigenvalue weighted by Gasteiger charge is 2.17. The summed E-state index contributed by atoms with van der Waals surface area (Å²) in [6.45, 7) is 0. The molecule has 0 bridgehead atoms. The second-order valence-electron chi connectivity index (χ2n) is 11.6. The summed E-state index contributed by atoms with van der Waals surface area (Å²) in [7, 11) is 0. The second kappa shape index (κ2) is 12.4. The molecule has 0 aliphatic heterocycles. The third-order valence-corrected chi connectivity index (χ3v) is 9.61. The molecular weight excluding hydrogens is 615 g/mol. The van der Waals surface area contributed by atoms with Gasteiger partial charge in [0.15, 0.2) is 17.5 Å². The molecule has 0 aliphatic carbocycles. The van der Waals surface area contributed by atoms with E-state index in [2.05, 4.69) is 0 Å². The van der Waals surface area contributed by atoms with E-state index in [4.69, 9.17) is 20.4 Å². The monoisotopic (exact) mass is 649 g/mol. The van der Waals surface area contributed by atoms with Crippen molar-refractivity contribution in [1.82, 2.24) is 15.0 Å². The van der Waals surface area contributed by atoms with Crippen molar-refractivity contribution in [3.8, 4) is 67.5 Å². The van der Waals surface area contributed by atoms with Gasteiger partial charge in [0.1, 0.15) is 0 Å². The molecule has 0 atom stereocenters. The molecule has 230 valence electrons. The summed E-state index contributed by atoms with van der Waals surface area (Å²) in [5.41, 5.74) is 6.83. The first kappa shape index (κ1) is 23.2. The van der Waals surface area contributed by atoms with Gasteiger partial charge in [0, 0.05) is 36.9 Å². The predicted octanol–water partition coefficient (Wildman–Crippen LogP) is 12.2. The molecule has 0 aliphatic rings. The molecule has 0 fully saturated rings. The summed E-state index contributed by atoms with van der Waals surface area (Å²) in [4.78, 5) is 14.8. The first-order valence-corrected chi connectivity index (χ1v) is 16.7. The summed E-state index contributed by atoms with van der Waals surface area (Å²) in [6, 6.07) is 44.0. The zero-order valence-corrected chi connectivity index (χ0v) is 26.8. The molecule has 9 aromatic rings. The highest BCUT2D eigenvalue weighted by Crippen LogP contribution is 2.41. The van der Waals surface area contributed by atoms with Gasteiger partial charge in [-0.15, -0.1) is 11.3 Å². The second-order valence-corrected chi connectivity index (χ2v) is 12.6. The molecule has 0 unspecified atom stereocenters. The van der Waals surface area contributed by atoms with Gasteiger partial charge in [0.25, 0.3) is 0 Å². The molecule has 0 saturated carbocycles. The van der Waals surface area contributed by atoms with Crippen LogP contribution >= 0.6 is 11.3 Å². The minimum absolute atomic E-state index is 0.0563. The van der Waals surface area contributed by atoms with Crippen LogP contribution in [-0.4, -0.2) is 15.0 Å². The third kappa shape index (κ3) is 5.58. The Labute approximate surface area is 297 Å². The van der Waals surface area contributed by atoms with Gasteiger partial charge in [0.05, 0.1) is 8.22 Å². The average Bonchev–Trinajstić information content (AvgIpc) is 3.64. The molecule has 0 amide bonds. The molecule has 2 aromatic heterocycles. The van der Waals surface area contributed by atoms with Crippen LogP contribution in [0.3, 0.4) is 0 Å². The first-order valence-electron chi connectivity index (χ1n) is 18.9. The molecule has 0 radical (unpaired) electrons. The first-order chi connectivity index (χ1) is 26.8. The van der Waals surface area contributed by atoms with Crippen LogP contribution < -0.4 is 0 Å². The summed E-state index contributed by atoms with van der Waals surface area (Å²) < 4.78 is 55.3. The van der Waals surface area contributed by atoms with Gasteiger partial charge in [-0.05, 0) is 45.5 Å². The molecule has 9 rings (SSSR count). The summed E-state index contributed by atoms with van der Waals surface area (Å²) in [5, 5.41) is 0.488. The van der Waals surface area contributed by atoms with Crippen LogP contribution in [0.5, 0.6) is 0 Å². The Morgan fingerprint density at radius 1 is 0.388 bits per heavy atom. The zero-order chi connectivity index (χ0) is 37.8. The Morgan fingerprint density at radius 2 is 0.837 bits per heavy atom. The van der Waals surface area contributed by atoms with Crippen LogP contribution in [0.1, 0.15) is 8.22 Å². The van der Waals surface area contributed by atoms with Gasteiger partial charge < -0.3 is 0 Å². The number of hydrogen-bond donors (Lipinski definition) is 0. The molecule has 0 saturated heterocycles. The van der Waals surface area contributed by atoms with E-state index in [1.54, 1.807) is 0 Å². The molecule has 4 heteroatoms. The van der Waals surface area contributed by atoms with Crippen molar-refractivity contribution in [2.45, 2.75) is 0 Å². The van der Waals surface area contributed by atoms with Crippen molar-refractivity contribution < 1.29 is 8.22 Å². The van der Waals surface area contributed by atoms with Crippen LogP contribution in [-0.2, 0) is 0 Å². The molecular formula is C45H29N3S. The summed E-state index contributed by atoms with van der Waals surface area (Å²) >= 11 is 1.17. The van der Waals surface area contributed by atoms with Crippen LogP contribution in [0.2, 0.25) is 0 Å². The molecule has 7 aromatic carbocycles. The molecule has 0 N–H and O–H groups in total. The van der Waals surface area contributed by atoms with Crippen LogP contribution in [0.15, 0.2) is 176 Å². The molecule has 3 nitrogen and oxygen atoms in total. The van der Waals surface area contributed by atoms with Crippen molar-refractivity contribution in [1.29, 1.82) is 0 Å². The molecule has 0 spiro atoms. The Hall–Kier alpha value is -6.23. The van der Waals surface area contributed by atoms with Gasteiger partial charge in [-0.25, -0.2) is 15.0 Å². The number of thiophene rings is 1. The van der Waals surface area contributed by atoms with Gasteiger partial charge in [-0.1, -0.05) is 164 Å². The molecule has 49 heavy (non-hydrogen) atoms. The maximum Gasteiger partial charge on any atom is 0.165 e. The van der Waals surface area contributed by atoms with Gasteiger partial charge >= 0.3 is 0 Å². The lowest BCUT2D eigenvalue weighted by molar-refractivity contribution is 1.08. The Kier molecular flexibility index (Phi) is 5.87. The van der Waals surface area contributed by atoms with Crippen molar-refractivity contribution in [3.05, 3.63) is 176 Å². The fraction of sp³-hybridized carbons (Fsp3) is 0. The minimum Gasteiger partial charge on any atom is -0.208 e. The van der Waals surface area contributed by atoms with Crippen molar-refractivity contribution in [2.24, 2.45) is 0 Å². The normalized spacial score (nSPS) is 13.0. The van der Waals surface area contributed by atoms with E-state index < -0.39 is 0 Å². The smallest absolute Gasteiger partial charge is 0.165 e. The predicted molar refractivity (Wildman–Crippen MR) is 205 cm³/mol. The van der Waals surface area contributed by atoms with E-state index in [1.165, 1.54) is 11.3 Å². The lowest BCUT2D eigenvalue weighted by Crippen LogP contribution is -2.00. The highest BCUT2D eigenvalue weighted by atomic mass is 32.1. The number of hydrogen-bond acceptors (Lipinski definition) is 4. The molecule has 2 heterocycles. The Bertz CT molecular complexity index is 2800. The maximum absolute atomic E-state index is 9.26. The lowest BCUT2D eigenvalue weighted by atomic mass is 10.0. The standard InChI is InChI=1S/C45H29N3S/c1-4-11-30(12-5-1)33-19-23-35(24-20-33)43-46-44(36-25-21-34(22-26-36)31-13-6-2-7-14-31)48-45(47-43)40-18-10-17-39-38-28-27-37(29-41(38)49-42(39)40)32-15-8-3-9-16-32/h1-29H/i10D,17D,18D,27D,28D,29D. The van der Waals surface area contributed by atoms with E-state index in [1.807, 2.05) is 140 Å². The maximum atomic E-state index is 9.26. The average molecular weight is 650 g/mol. The van der Waals surface area contributed by atoms with E-state index in [0.717, 1.165) is 33.4 Å². The quantitative estimate of drug-likeness (QED) is 0.180. The van der Waals surface area contributed by atoms with Crippen molar-refractivity contribution in [3.63, 3.8) is 0 Å². The SMILES string of the molecule is [2H]c1c([2H])c([2H])c2c(sc3c([2H])c(-c4ccccc4)c([2H])c([2H])c32)c1-c1nc(-c2ccc(-c3ccccc3)cc2)nc(-c2ccc(-c3ccccc3)cc2)n1. The fourth-order valence-corrected chi connectivity index (χ4v) is 7.07. The summed E-state index contributed by atoms with van der Waals surface area (Å²) in [6.07, 6.45) is 0. The minimum atomic E-state index is -0.352. The van der Waals surface area contributed by atoms with Gasteiger partial charge in [-0.2, -0.15) is 0 Å². The zero-order valence-electron chi connectivity index (χ0n) is 32.0. The van der Waals surface area contributed by atoms with Gasteiger partial charge in [-0.3, -0.25) is 0 Å². The number of rotatable bonds is 6. The summed E-state index contributed by atoms with van der Waals surface area (Å²) in [5.74, 6) is 0.870. The number of benzene rings is 7. The number of fused-ring (bicyclic) bond motifs is 3. The topological polar surface area (TPSA) is 38.7 Å². The van der Waals surface area contributed by atoms with Crippen LogP contribution in [0.25, 0.3) is 87.7 Å². The fourth-order valence-electron chi connectivity index (χ4n) is 5.95. The largest absolute Gasteiger partial charge is 0.208 e. The lowest BCUT2D eigenvalue weighted by Gasteiger charge is -2.10. The van der Waals surface area contributed by atoms with Crippen LogP contribution in [0.4, 0.5) is 0 Å². The van der Waals surface area contributed by atoms with Crippen molar-refractivity contribution in [2.75, 3.05) is 0 Å². The van der Waals surface area contributed by atoms with Crippen molar-refractivity contribution >= 4 is 31.5 Å². The van der Waals surface area contributed by atoms with E-state index >= 15 is 0 Å². The van der Waals surface area contributed by atoms with Crippen LogP contribution in [0, 0.1) is 0 Å². The Balaban J connectivity index is 1.28. The van der Waals surface area contributed by atoms with Gasteiger partial charge in [0.2, 0.25) is 0 Å². The van der Waals surface area contributed by atoms with E-state index in [9.17, 15) is 2.74 Å². The number of aromatic nitrogens is 3. The van der Waals surface area contributed by atoms with E-state index in [0.29, 0.717) is 32.2 Å². The Morgan fingerprint density at radius 3 is 1.37 bits per heavy atom. The highest BCUT2D eigenvalue weighted by molar-refractivity contribution is 7.26. The van der Waals surface area contributed by atoms with E-state index in [-0.39, 0.29) is 58.4 Å². The number of nitrogens with zero attached hydrogens (tertiary/aromatic N) is 3. The third-order valence-electron chi connectivity index (χ3n) is 8.48.